The van der Waals surface area contributed by atoms with Crippen LogP contribution in [0, 0.1) is 11.7 Å². The number of halogens is 1. The van der Waals surface area contributed by atoms with E-state index in [1.807, 2.05) is 0 Å². The van der Waals surface area contributed by atoms with Crippen molar-refractivity contribution in [3.63, 3.8) is 0 Å². The molecule has 0 radical (unpaired) electrons. The molecular weight excluding hydrogens is 255 g/mol. The standard InChI is InChI=1S/C16H25FN2O/c1-3-4-12(2)16(19-9-7-18-8-10-19)14-11-13(17)5-6-15(14)20/h5-6,11-12,16,18,20H,3-4,7-10H2,1-2H3/t12?,16-/m0/s1. The van der Waals surface area contributed by atoms with Gasteiger partial charge in [-0.3, -0.25) is 4.90 Å². The molecule has 3 nitrogen and oxygen atoms in total. The van der Waals surface area contributed by atoms with Crippen LogP contribution in [0.4, 0.5) is 4.39 Å². The molecule has 2 rings (SSSR count). The zero-order valence-electron chi connectivity index (χ0n) is 12.4. The molecule has 0 amide bonds. The third kappa shape index (κ3) is 3.49. The van der Waals surface area contributed by atoms with E-state index in [2.05, 4.69) is 24.1 Å². The summed E-state index contributed by atoms with van der Waals surface area (Å²) in [6.45, 7) is 8.14. The minimum absolute atomic E-state index is 0.0905. The molecule has 20 heavy (non-hydrogen) atoms. The van der Waals surface area contributed by atoms with E-state index in [1.54, 1.807) is 0 Å². The maximum atomic E-state index is 13.6. The Morgan fingerprint density at radius 2 is 2.05 bits per heavy atom. The van der Waals surface area contributed by atoms with E-state index >= 15 is 0 Å². The molecule has 1 aliphatic heterocycles. The molecule has 0 spiro atoms. The first-order valence-corrected chi connectivity index (χ1v) is 7.56. The molecule has 0 aliphatic carbocycles. The van der Waals surface area contributed by atoms with E-state index in [4.69, 9.17) is 0 Å². The van der Waals surface area contributed by atoms with Gasteiger partial charge in [-0.15, -0.1) is 0 Å². The number of hydrogen-bond acceptors (Lipinski definition) is 3. The lowest BCUT2D eigenvalue weighted by molar-refractivity contribution is 0.123. The normalized spacial score (nSPS) is 19.8. The Balaban J connectivity index is 2.31. The SMILES string of the molecule is CCCC(C)[C@@H](c1cc(F)ccc1O)N1CCNCC1. The third-order valence-electron chi connectivity index (χ3n) is 4.14. The van der Waals surface area contributed by atoms with Crippen LogP contribution < -0.4 is 5.32 Å². The van der Waals surface area contributed by atoms with E-state index in [1.165, 1.54) is 18.2 Å². The minimum Gasteiger partial charge on any atom is -0.508 e. The first-order chi connectivity index (χ1) is 9.63. The highest BCUT2D eigenvalue weighted by Crippen LogP contribution is 2.36. The Labute approximate surface area is 120 Å². The molecule has 0 saturated carbocycles. The molecule has 1 aliphatic rings. The zero-order chi connectivity index (χ0) is 14.5. The Morgan fingerprint density at radius 1 is 1.35 bits per heavy atom. The van der Waals surface area contributed by atoms with Crippen molar-refractivity contribution in [2.75, 3.05) is 26.2 Å². The molecule has 1 fully saturated rings. The number of rotatable bonds is 5. The summed E-state index contributed by atoms with van der Waals surface area (Å²) in [5.74, 6) is 0.324. The Kier molecular flexibility index (Phi) is 5.38. The second-order valence-electron chi connectivity index (χ2n) is 5.70. The number of nitrogens with one attached hydrogen (secondary N) is 1. The van der Waals surface area contributed by atoms with E-state index in [-0.39, 0.29) is 17.6 Å². The van der Waals surface area contributed by atoms with Gasteiger partial charge < -0.3 is 10.4 Å². The first-order valence-electron chi connectivity index (χ1n) is 7.56. The van der Waals surface area contributed by atoms with Gasteiger partial charge in [0.2, 0.25) is 0 Å². The van der Waals surface area contributed by atoms with Crippen LogP contribution in [0.1, 0.15) is 38.3 Å². The third-order valence-corrected chi connectivity index (χ3v) is 4.14. The summed E-state index contributed by atoms with van der Waals surface area (Å²) < 4.78 is 13.6. The van der Waals surface area contributed by atoms with E-state index in [9.17, 15) is 9.50 Å². The van der Waals surface area contributed by atoms with Crippen molar-refractivity contribution >= 4 is 0 Å². The maximum Gasteiger partial charge on any atom is 0.123 e. The van der Waals surface area contributed by atoms with Crippen molar-refractivity contribution in [1.29, 1.82) is 0 Å². The topological polar surface area (TPSA) is 35.5 Å². The fourth-order valence-corrected chi connectivity index (χ4v) is 3.20. The number of piperazine rings is 1. The predicted octanol–water partition coefficient (Wildman–Crippen LogP) is 2.91. The lowest BCUT2D eigenvalue weighted by Crippen LogP contribution is -2.46. The highest BCUT2D eigenvalue weighted by molar-refractivity contribution is 5.35. The van der Waals surface area contributed by atoms with Gasteiger partial charge in [0.25, 0.3) is 0 Å². The van der Waals surface area contributed by atoms with Crippen LogP contribution in [-0.4, -0.2) is 36.2 Å². The summed E-state index contributed by atoms with van der Waals surface area (Å²) in [6, 6.07) is 4.37. The van der Waals surface area contributed by atoms with Gasteiger partial charge in [0, 0.05) is 37.8 Å². The van der Waals surface area contributed by atoms with Crippen LogP contribution in [0.15, 0.2) is 18.2 Å². The highest BCUT2D eigenvalue weighted by atomic mass is 19.1. The van der Waals surface area contributed by atoms with Crippen molar-refractivity contribution in [3.8, 4) is 5.75 Å². The molecular formula is C16H25FN2O. The van der Waals surface area contributed by atoms with E-state index in [0.717, 1.165) is 44.6 Å². The van der Waals surface area contributed by atoms with Gasteiger partial charge in [-0.2, -0.15) is 0 Å². The van der Waals surface area contributed by atoms with Crippen molar-refractivity contribution in [2.45, 2.75) is 32.7 Å². The fourth-order valence-electron chi connectivity index (χ4n) is 3.20. The van der Waals surface area contributed by atoms with Gasteiger partial charge in [0.05, 0.1) is 0 Å². The molecule has 0 aromatic heterocycles. The summed E-state index contributed by atoms with van der Waals surface area (Å²) >= 11 is 0. The van der Waals surface area contributed by atoms with Gasteiger partial charge in [-0.1, -0.05) is 20.3 Å². The van der Waals surface area contributed by atoms with Crippen LogP contribution >= 0.6 is 0 Å². The van der Waals surface area contributed by atoms with Gasteiger partial charge >= 0.3 is 0 Å². The van der Waals surface area contributed by atoms with Crippen LogP contribution in [-0.2, 0) is 0 Å². The summed E-state index contributed by atoms with van der Waals surface area (Å²) in [6.07, 6.45) is 2.17. The van der Waals surface area contributed by atoms with Crippen LogP contribution in [0.3, 0.4) is 0 Å². The maximum absolute atomic E-state index is 13.6. The quantitative estimate of drug-likeness (QED) is 0.870. The van der Waals surface area contributed by atoms with Crippen molar-refractivity contribution in [3.05, 3.63) is 29.6 Å². The Morgan fingerprint density at radius 3 is 2.70 bits per heavy atom. The monoisotopic (exact) mass is 280 g/mol. The van der Waals surface area contributed by atoms with Crippen molar-refractivity contribution in [1.82, 2.24) is 10.2 Å². The molecule has 112 valence electrons. The van der Waals surface area contributed by atoms with Gasteiger partial charge in [0.15, 0.2) is 0 Å². The first kappa shape index (κ1) is 15.3. The van der Waals surface area contributed by atoms with Gasteiger partial charge in [0.1, 0.15) is 11.6 Å². The Bertz CT molecular complexity index is 432. The van der Waals surface area contributed by atoms with Crippen molar-refractivity contribution in [2.24, 2.45) is 5.92 Å². The van der Waals surface area contributed by atoms with E-state index < -0.39 is 0 Å². The average Bonchev–Trinajstić information content (AvgIpc) is 2.44. The number of aromatic hydroxyl groups is 1. The molecule has 4 heteroatoms. The summed E-state index contributed by atoms with van der Waals surface area (Å²) in [5.41, 5.74) is 0.729. The van der Waals surface area contributed by atoms with Gasteiger partial charge in [-0.05, 0) is 30.5 Å². The number of phenols is 1. The van der Waals surface area contributed by atoms with Crippen LogP contribution in [0.2, 0.25) is 0 Å². The molecule has 0 bridgehead atoms. The second kappa shape index (κ2) is 7.04. The molecule has 1 heterocycles. The average molecular weight is 280 g/mol. The van der Waals surface area contributed by atoms with Crippen LogP contribution in [0.5, 0.6) is 5.75 Å². The summed E-state index contributed by atoms with van der Waals surface area (Å²) in [4.78, 5) is 2.37. The number of nitrogens with zero attached hydrogens (tertiary/aromatic N) is 1. The molecule has 1 saturated heterocycles. The number of phenolic OH excluding ortho intramolecular Hbond substituents is 1. The predicted molar refractivity (Wildman–Crippen MR) is 79.3 cm³/mol. The highest BCUT2D eigenvalue weighted by Gasteiger charge is 2.29. The smallest absolute Gasteiger partial charge is 0.123 e. The molecule has 1 unspecified atom stereocenters. The lowest BCUT2D eigenvalue weighted by Gasteiger charge is -2.39. The molecule has 1 aromatic carbocycles. The van der Waals surface area contributed by atoms with E-state index in [0.29, 0.717) is 5.92 Å². The van der Waals surface area contributed by atoms with Crippen LogP contribution in [0.25, 0.3) is 0 Å². The van der Waals surface area contributed by atoms with Crippen molar-refractivity contribution < 1.29 is 9.50 Å². The Hall–Kier alpha value is -1.13. The zero-order valence-corrected chi connectivity index (χ0v) is 12.4. The second-order valence-corrected chi connectivity index (χ2v) is 5.70. The molecule has 1 aromatic rings. The summed E-state index contributed by atoms with van der Waals surface area (Å²) in [5, 5.41) is 13.5. The minimum atomic E-state index is -0.276. The lowest BCUT2D eigenvalue weighted by atomic mass is 9.88. The summed E-state index contributed by atoms with van der Waals surface area (Å²) in [7, 11) is 0. The largest absolute Gasteiger partial charge is 0.508 e. The number of benzene rings is 1. The van der Waals surface area contributed by atoms with Gasteiger partial charge in [-0.25, -0.2) is 4.39 Å². The number of hydrogen-bond donors (Lipinski definition) is 2. The molecule has 2 N–H and O–H groups in total. The molecule has 2 atom stereocenters. The fraction of sp³-hybridized carbons (Fsp3) is 0.625.